The number of hydrogen-bond donors (Lipinski definition) is 3. The molecule has 1 aliphatic rings. The average molecular weight is 377 g/mol. The van der Waals surface area contributed by atoms with E-state index >= 15 is 0 Å². The van der Waals surface area contributed by atoms with Crippen molar-refractivity contribution >= 4 is 18.0 Å². The molecule has 3 N–H and O–H groups in total. The Hall–Kier alpha value is -3.94. The summed E-state index contributed by atoms with van der Waals surface area (Å²) in [6.45, 7) is 0.108. The van der Waals surface area contributed by atoms with Crippen LogP contribution in [0.25, 0.3) is 11.1 Å². The number of aromatic nitrogens is 2. The molecule has 0 saturated carbocycles. The fourth-order valence-electron chi connectivity index (χ4n) is 3.34. The molecule has 0 saturated heterocycles. The number of aromatic amines is 1. The molecular formula is C20H15N3O5. The standard InChI is InChI=1S/C20H15N3O5/c24-17-15(18(25)26)9-21-19(22-17)23-20(27)28-10-16-13-7-3-1-5-11(13)12-6-2-4-8-14(12)16/h1-9,16H,10H2,(H,25,26)(H2,21,22,23,24,27). The smallest absolute Gasteiger partial charge is 0.414 e. The number of fused-ring (bicyclic) bond motifs is 3. The fraction of sp³-hybridized carbons (Fsp3) is 0.100. The van der Waals surface area contributed by atoms with Gasteiger partial charge in [0.2, 0.25) is 5.95 Å². The summed E-state index contributed by atoms with van der Waals surface area (Å²) in [7, 11) is 0. The normalized spacial score (nSPS) is 12.1. The van der Waals surface area contributed by atoms with Gasteiger partial charge in [-0.2, -0.15) is 0 Å². The van der Waals surface area contributed by atoms with E-state index in [4.69, 9.17) is 9.84 Å². The number of rotatable bonds is 4. The van der Waals surface area contributed by atoms with Crippen LogP contribution in [0.4, 0.5) is 10.7 Å². The summed E-state index contributed by atoms with van der Waals surface area (Å²) in [5.41, 5.74) is 3.00. The van der Waals surface area contributed by atoms with Crippen LogP contribution in [0.5, 0.6) is 0 Å². The van der Waals surface area contributed by atoms with Crippen LogP contribution in [0.3, 0.4) is 0 Å². The zero-order valence-electron chi connectivity index (χ0n) is 14.5. The van der Waals surface area contributed by atoms with Crippen molar-refractivity contribution in [2.24, 2.45) is 0 Å². The van der Waals surface area contributed by atoms with E-state index in [1.165, 1.54) is 0 Å². The third-order valence-corrected chi connectivity index (χ3v) is 4.59. The first-order valence-electron chi connectivity index (χ1n) is 8.49. The maximum absolute atomic E-state index is 12.1. The van der Waals surface area contributed by atoms with Crippen LogP contribution >= 0.6 is 0 Å². The summed E-state index contributed by atoms with van der Waals surface area (Å²) in [5, 5.41) is 11.1. The number of aromatic carboxylic acids is 1. The number of carbonyl (C=O) groups is 2. The number of benzene rings is 2. The first-order valence-corrected chi connectivity index (χ1v) is 8.49. The van der Waals surface area contributed by atoms with Gasteiger partial charge in [-0.05, 0) is 22.3 Å². The van der Waals surface area contributed by atoms with E-state index in [-0.39, 0.29) is 18.5 Å². The van der Waals surface area contributed by atoms with Gasteiger partial charge in [-0.3, -0.25) is 15.1 Å². The Morgan fingerprint density at radius 1 is 1.07 bits per heavy atom. The summed E-state index contributed by atoms with van der Waals surface area (Å²) >= 11 is 0. The van der Waals surface area contributed by atoms with Crippen molar-refractivity contribution in [3.05, 3.63) is 81.8 Å². The van der Waals surface area contributed by atoms with Crippen molar-refractivity contribution in [3.63, 3.8) is 0 Å². The number of anilines is 1. The topological polar surface area (TPSA) is 121 Å². The second-order valence-corrected chi connectivity index (χ2v) is 6.23. The highest BCUT2D eigenvalue weighted by molar-refractivity contribution is 5.87. The largest absolute Gasteiger partial charge is 0.477 e. The molecule has 0 aliphatic heterocycles. The first-order chi connectivity index (χ1) is 13.5. The van der Waals surface area contributed by atoms with Crippen LogP contribution in [0.15, 0.2) is 59.5 Å². The van der Waals surface area contributed by atoms with Crippen LogP contribution in [-0.4, -0.2) is 33.7 Å². The molecule has 140 valence electrons. The molecule has 8 heteroatoms. The van der Waals surface area contributed by atoms with Gasteiger partial charge < -0.3 is 9.84 Å². The number of nitrogens with one attached hydrogen (secondary N) is 2. The SMILES string of the molecule is O=C(Nc1ncc(C(=O)O)c(=O)[nH]1)OCC1c2ccccc2-c2ccccc21. The number of H-pyrrole nitrogens is 1. The summed E-state index contributed by atoms with van der Waals surface area (Å²) < 4.78 is 5.33. The average Bonchev–Trinajstić information content (AvgIpc) is 3.00. The number of hydrogen-bond acceptors (Lipinski definition) is 5. The van der Waals surface area contributed by atoms with E-state index in [9.17, 15) is 14.4 Å². The van der Waals surface area contributed by atoms with Crippen LogP contribution in [0.1, 0.15) is 27.4 Å². The Kier molecular flexibility index (Phi) is 4.36. The van der Waals surface area contributed by atoms with Crippen molar-refractivity contribution in [2.75, 3.05) is 11.9 Å². The zero-order valence-corrected chi connectivity index (χ0v) is 14.5. The van der Waals surface area contributed by atoms with Crippen molar-refractivity contribution in [1.82, 2.24) is 9.97 Å². The van der Waals surface area contributed by atoms with Gasteiger partial charge in [0.05, 0.1) is 6.20 Å². The molecule has 0 radical (unpaired) electrons. The maximum atomic E-state index is 12.1. The van der Waals surface area contributed by atoms with Gasteiger partial charge >= 0.3 is 12.1 Å². The second-order valence-electron chi connectivity index (χ2n) is 6.23. The molecule has 1 heterocycles. The van der Waals surface area contributed by atoms with Crippen LogP contribution in [0.2, 0.25) is 0 Å². The number of carboxylic acids is 1. The van der Waals surface area contributed by atoms with Gasteiger partial charge in [-0.25, -0.2) is 14.6 Å². The van der Waals surface area contributed by atoms with E-state index in [1.807, 2.05) is 48.5 Å². The number of carbonyl (C=O) groups excluding carboxylic acids is 1. The Labute approximate surface area is 158 Å². The van der Waals surface area contributed by atoms with Crippen molar-refractivity contribution in [1.29, 1.82) is 0 Å². The number of amides is 1. The van der Waals surface area contributed by atoms with Gasteiger partial charge in [0, 0.05) is 5.92 Å². The number of carboxylic acid groups (broad SMARTS) is 1. The molecule has 8 nitrogen and oxygen atoms in total. The Balaban J connectivity index is 1.48. The first kappa shape index (κ1) is 17.5. The summed E-state index contributed by atoms with van der Waals surface area (Å²) in [5.74, 6) is -1.69. The van der Waals surface area contributed by atoms with Crippen molar-refractivity contribution in [2.45, 2.75) is 5.92 Å². The summed E-state index contributed by atoms with van der Waals surface area (Å²) in [6, 6.07) is 15.9. The molecule has 1 amide bonds. The lowest BCUT2D eigenvalue weighted by Crippen LogP contribution is -2.23. The molecule has 0 unspecified atom stereocenters. The predicted molar refractivity (Wildman–Crippen MR) is 101 cm³/mol. The van der Waals surface area contributed by atoms with Gasteiger partial charge in [-0.15, -0.1) is 0 Å². The molecule has 2 aromatic carbocycles. The Morgan fingerprint density at radius 2 is 1.68 bits per heavy atom. The highest BCUT2D eigenvalue weighted by atomic mass is 16.5. The molecule has 0 fully saturated rings. The van der Waals surface area contributed by atoms with Gasteiger partial charge in [0.15, 0.2) is 0 Å². The Morgan fingerprint density at radius 3 is 2.25 bits per heavy atom. The molecule has 0 bridgehead atoms. The molecular weight excluding hydrogens is 362 g/mol. The summed E-state index contributed by atoms with van der Waals surface area (Å²) in [6.07, 6.45) is 0.0772. The lowest BCUT2D eigenvalue weighted by Gasteiger charge is -2.14. The monoisotopic (exact) mass is 377 g/mol. The quantitative estimate of drug-likeness (QED) is 0.643. The second kappa shape index (κ2) is 6.99. The molecule has 28 heavy (non-hydrogen) atoms. The third-order valence-electron chi connectivity index (χ3n) is 4.59. The van der Waals surface area contributed by atoms with Gasteiger partial charge in [-0.1, -0.05) is 48.5 Å². The van der Waals surface area contributed by atoms with Crippen LogP contribution < -0.4 is 10.9 Å². The maximum Gasteiger partial charge on any atom is 0.414 e. The lowest BCUT2D eigenvalue weighted by atomic mass is 9.98. The highest BCUT2D eigenvalue weighted by Crippen LogP contribution is 2.44. The molecule has 3 aromatic rings. The van der Waals surface area contributed by atoms with E-state index < -0.39 is 23.2 Å². The van der Waals surface area contributed by atoms with Gasteiger partial charge in [0.1, 0.15) is 12.2 Å². The van der Waals surface area contributed by atoms with E-state index in [0.29, 0.717) is 0 Å². The minimum Gasteiger partial charge on any atom is -0.477 e. The fourth-order valence-corrected chi connectivity index (χ4v) is 3.34. The third kappa shape index (κ3) is 3.11. The van der Waals surface area contributed by atoms with Crippen molar-refractivity contribution < 1.29 is 19.4 Å². The Bertz CT molecular complexity index is 1090. The minimum atomic E-state index is -1.40. The van der Waals surface area contributed by atoms with E-state index in [2.05, 4.69) is 15.3 Å². The highest BCUT2D eigenvalue weighted by Gasteiger charge is 2.29. The summed E-state index contributed by atoms with van der Waals surface area (Å²) in [4.78, 5) is 40.5. The van der Waals surface area contributed by atoms with Gasteiger partial charge in [0.25, 0.3) is 5.56 Å². The number of nitrogens with zero attached hydrogens (tertiary/aromatic N) is 1. The van der Waals surface area contributed by atoms with E-state index in [0.717, 1.165) is 28.5 Å². The zero-order chi connectivity index (χ0) is 19.7. The molecule has 1 aliphatic carbocycles. The molecule has 0 spiro atoms. The minimum absolute atomic E-state index is 0.0976. The van der Waals surface area contributed by atoms with E-state index in [1.54, 1.807) is 0 Å². The molecule has 1 aromatic heterocycles. The molecule has 0 atom stereocenters. The van der Waals surface area contributed by atoms with Crippen molar-refractivity contribution in [3.8, 4) is 11.1 Å². The predicted octanol–water partition coefficient (Wildman–Crippen LogP) is 2.83. The number of ether oxygens (including phenoxy) is 1. The molecule has 4 rings (SSSR count). The van der Waals surface area contributed by atoms with Crippen LogP contribution in [-0.2, 0) is 4.74 Å². The van der Waals surface area contributed by atoms with Crippen LogP contribution in [0, 0.1) is 0 Å². The lowest BCUT2D eigenvalue weighted by molar-refractivity contribution is 0.0694.